The minimum Gasteiger partial charge on any atom is -0.481 e. The number of carboxylic acid groups (broad SMARTS) is 1. The summed E-state index contributed by atoms with van der Waals surface area (Å²) in [4.78, 5) is 17.5. The molecule has 1 aromatic heterocycles. The van der Waals surface area contributed by atoms with Crippen LogP contribution in [-0.2, 0) is 11.3 Å². The Labute approximate surface area is 107 Å². The van der Waals surface area contributed by atoms with E-state index in [0.717, 1.165) is 12.4 Å². The SMILES string of the molecule is CC1C(C(=O)O)CCN1Cc1ncnn1C(C)C. The molecule has 6 heteroatoms. The molecule has 0 spiro atoms. The Hall–Kier alpha value is -1.43. The molecule has 1 aliphatic rings. The maximum atomic E-state index is 11.1. The van der Waals surface area contributed by atoms with E-state index in [1.54, 1.807) is 6.33 Å². The Morgan fingerprint density at radius 1 is 1.61 bits per heavy atom. The largest absolute Gasteiger partial charge is 0.481 e. The van der Waals surface area contributed by atoms with Crippen molar-refractivity contribution in [3.63, 3.8) is 0 Å². The molecule has 1 N–H and O–H groups in total. The van der Waals surface area contributed by atoms with Crippen molar-refractivity contribution >= 4 is 5.97 Å². The van der Waals surface area contributed by atoms with Gasteiger partial charge in [0.05, 0.1) is 12.5 Å². The van der Waals surface area contributed by atoms with Crippen LogP contribution in [0.2, 0.25) is 0 Å². The van der Waals surface area contributed by atoms with E-state index in [9.17, 15) is 4.79 Å². The first-order valence-corrected chi connectivity index (χ1v) is 6.36. The summed E-state index contributed by atoms with van der Waals surface area (Å²) in [5.74, 6) is -0.0568. The van der Waals surface area contributed by atoms with E-state index in [1.807, 2.05) is 11.6 Å². The van der Waals surface area contributed by atoms with Gasteiger partial charge in [-0.1, -0.05) is 0 Å². The number of aliphatic carboxylic acids is 1. The van der Waals surface area contributed by atoms with Crippen molar-refractivity contribution in [2.24, 2.45) is 5.92 Å². The van der Waals surface area contributed by atoms with E-state index in [0.29, 0.717) is 13.0 Å². The Balaban J connectivity index is 2.06. The Bertz CT molecular complexity index is 429. The van der Waals surface area contributed by atoms with Gasteiger partial charge in [0, 0.05) is 12.1 Å². The van der Waals surface area contributed by atoms with Crippen LogP contribution in [0.4, 0.5) is 0 Å². The van der Waals surface area contributed by atoms with Crippen LogP contribution in [0, 0.1) is 5.92 Å². The van der Waals surface area contributed by atoms with Gasteiger partial charge in [-0.05, 0) is 33.7 Å². The monoisotopic (exact) mass is 252 g/mol. The third-order valence-corrected chi connectivity index (χ3v) is 3.68. The smallest absolute Gasteiger partial charge is 0.308 e. The molecule has 0 bridgehead atoms. The van der Waals surface area contributed by atoms with Gasteiger partial charge >= 0.3 is 5.97 Å². The molecule has 2 atom stereocenters. The molecule has 0 radical (unpaired) electrons. The molecule has 1 aromatic rings. The van der Waals surface area contributed by atoms with Crippen molar-refractivity contribution in [3.8, 4) is 0 Å². The highest BCUT2D eigenvalue weighted by Gasteiger charge is 2.36. The van der Waals surface area contributed by atoms with Crippen LogP contribution in [0.1, 0.15) is 39.1 Å². The maximum Gasteiger partial charge on any atom is 0.308 e. The second-order valence-corrected chi connectivity index (χ2v) is 5.16. The van der Waals surface area contributed by atoms with Gasteiger partial charge in [0.25, 0.3) is 0 Å². The first-order valence-electron chi connectivity index (χ1n) is 6.36. The van der Waals surface area contributed by atoms with Crippen molar-refractivity contribution in [1.82, 2.24) is 19.7 Å². The summed E-state index contributed by atoms with van der Waals surface area (Å²) in [6.07, 6.45) is 2.27. The number of nitrogens with zero attached hydrogens (tertiary/aromatic N) is 4. The number of hydrogen-bond donors (Lipinski definition) is 1. The first kappa shape index (κ1) is 13.0. The van der Waals surface area contributed by atoms with Gasteiger partial charge in [-0.15, -0.1) is 0 Å². The van der Waals surface area contributed by atoms with E-state index in [1.165, 1.54) is 0 Å². The van der Waals surface area contributed by atoms with Crippen LogP contribution in [-0.4, -0.2) is 43.3 Å². The fraction of sp³-hybridized carbons (Fsp3) is 0.750. The number of rotatable bonds is 4. The first-order chi connectivity index (χ1) is 8.50. The summed E-state index contributed by atoms with van der Waals surface area (Å²) in [6.45, 7) is 7.57. The zero-order valence-corrected chi connectivity index (χ0v) is 11.1. The molecule has 100 valence electrons. The van der Waals surface area contributed by atoms with Crippen LogP contribution in [0.25, 0.3) is 0 Å². The third kappa shape index (κ3) is 2.38. The van der Waals surface area contributed by atoms with Crippen LogP contribution in [0.15, 0.2) is 6.33 Å². The highest BCUT2D eigenvalue weighted by atomic mass is 16.4. The van der Waals surface area contributed by atoms with Gasteiger partial charge in [-0.2, -0.15) is 5.10 Å². The highest BCUT2D eigenvalue weighted by molar-refractivity contribution is 5.71. The molecule has 2 rings (SSSR count). The zero-order chi connectivity index (χ0) is 13.3. The predicted octanol–water partition coefficient (Wildman–Crippen LogP) is 1.15. The Kier molecular flexibility index (Phi) is 3.65. The van der Waals surface area contributed by atoms with Crippen molar-refractivity contribution in [2.75, 3.05) is 6.54 Å². The molecule has 0 saturated carbocycles. The number of hydrogen-bond acceptors (Lipinski definition) is 4. The number of carboxylic acids is 1. The predicted molar refractivity (Wildman–Crippen MR) is 66.0 cm³/mol. The van der Waals surface area contributed by atoms with E-state index >= 15 is 0 Å². The summed E-state index contributed by atoms with van der Waals surface area (Å²) in [7, 11) is 0. The minimum absolute atomic E-state index is 0.0554. The van der Waals surface area contributed by atoms with Gasteiger partial charge in [-0.25, -0.2) is 9.67 Å². The molecule has 0 amide bonds. The summed E-state index contributed by atoms with van der Waals surface area (Å²) in [5, 5.41) is 13.3. The van der Waals surface area contributed by atoms with Gasteiger partial charge < -0.3 is 5.11 Å². The molecule has 1 saturated heterocycles. The van der Waals surface area contributed by atoms with Gasteiger partial charge in [0.2, 0.25) is 0 Å². The lowest BCUT2D eigenvalue weighted by atomic mass is 10.0. The molecule has 1 fully saturated rings. The molecular weight excluding hydrogens is 232 g/mol. The molecule has 2 heterocycles. The van der Waals surface area contributed by atoms with Crippen molar-refractivity contribution in [3.05, 3.63) is 12.2 Å². The lowest BCUT2D eigenvalue weighted by Gasteiger charge is -2.23. The second kappa shape index (κ2) is 5.06. The lowest BCUT2D eigenvalue weighted by molar-refractivity contribution is -0.142. The van der Waals surface area contributed by atoms with Crippen molar-refractivity contribution < 1.29 is 9.90 Å². The average molecular weight is 252 g/mol. The van der Waals surface area contributed by atoms with Gasteiger partial charge in [0.1, 0.15) is 12.2 Å². The third-order valence-electron chi connectivity index (χ3n) is 3.68. The standard InChI is InChI=1S/C12H20N4O2/c1-8(2)16-11(13-7-14-16)6-15-5-4-10(9(15)3)12(17)18/h7-10H,4-6H2,1-3H3,(H,17,18). The van der Waals surface area contributed by atoms with Crippen molar-refractivity contribution in [2.45, 2.75) is 45.8 Å². The maximum absolute atomic E-state index is 11.1. The Morgan fingerprint density at radius 3 is 2.89 bits per heavy atom. The van der Waals surface area contributed by atoms with Crippen molar-refractivity contribution in [1.29, 1.82) is 0 Å². The number of likely N-dealkylation sites (tertiary alicyclic amines) is 1. The normalized spacial score (nSPS) is 24.9. The number of carbonyl (C=O) groups is 1. The zero-order valence-electron chi connectivity index (χ0n) is 11.1. The lowest BCUT2D eigenvalue weighted by Crippen LogP contribution is -2.33. The number of aromatic nitrogens is 3. The molecule has 0 aromatic carbocycles. The Morgan fingerprint density at radius 2 is 2.33 bits per heavy atom. The topological polar surface area (TPSA) is 71.2 Å². The molecule has 1 aliphatic heterocycles. The van der Waals surface area contributed by atoms with Crippen LogP contribution >= 0.6 is 0 Å². The molecule has 0 aliphatic carbocycles. The van der Waals surface area contributed by atoms with E-state index < -0.39 is 5.97 Å². The van der Waals surface area contributed by atoms with E-state index in [-0.39, 0.29) is 18.0 Å². The van der Waals surface area contributed by atoms with Gasteiger partial charge in [0.15, 0.2) is 0 Å². The molecule has 6 nitrogen and oxygen atoms in total. The highest BCUT2D eigenvalue weighted by Crippen LogP contribution is 2.25. The summed E-state index contributed by atoms with van der Waals surface area (Å²) in [6, 6.07) is 0.329. The quantitative estimate of drug-likeness (QED) is 0.870. The second-order valence-electron chi connectivity index (χ2n) is 5.16. The van der Waals surface area contributed by atoms with Crippen LogP contribution in [0.3, 0.4) is 0 Å². The fourth-order valence-electron chi connectivity index (χ4n) is 2.56. The van der Waals surface area contributed by atoms with Gasteiger partial charge in [-0.3, -0.25) is 9.69 Å². The van der Waals surface area contributed by atoms with E-state index in [2.05, 4.69) is 28.8 Å². The summed E-state index contributed by atoms with van der Waals surface area (Å²) >= 11 is 0. The molecule has 18 heavy (non-hydrogen) atoms. The minimum atomic E-state index is -0.699. The molecular formula is C12H20N4O2. The summed E-state index contributed by atoms with van der Waals surface area (Å²) in [5.41, 5.74) is 0. The average Bonchev–Trinajstić information content (AvgIpc) is 2.87. The van der Waals surface area contributed by atoms with E-state index in [4.69, 9.17) is 5.11 Å². The van der Waals surface area contributed by atoms with Crippen LogP contribution in [0.5, 0.6) is 0 Å². The van der Waals surface area contributed by atoms with Crippen LogP contribution < -0.4 is 0 Å². The fourth-order valence-corrected chi connectivity index (χ4v) is 2.56. The molecule has 2 unspecified atom stereocenters. The summed E-state index contributed by atoms with van der Waals surface area (Å²) < 4.78 is 1.89.